The molecule has 94 valence electrons. The Labute approximate surface area is 100 Å². The van der Waals surface area contributed by atoms with Crippen LogP contribution in [0.15, 0.2) is 17.0 Å². The highest BCUT2D eigenvalue weighted by Crippen LogP contribution is 2.18. The lowest BCUT2D eigenvalue weighted by Gasteiger charge is -2.22. The van der Waals surface area contributed by atoms with E-state index in [-0.39, 0.29) is 16.8 Å². The zero-order chi connectivity index (χ0) is 12.7. The molecule has 1 atom stereocenters. The molecule has 0 saturated heterocycles. The summed E-state index contributed by atoms with van der Waals surface area (Å²) < 4.78 is 0.184. The summed E-state index contributed by atoms with van der Waals surface area (Å²) in [5.41, 5.74) is 0. The van der Waals surface area contributed by atoms with Crippen LogP contribution >= 0.6 is 0 Å². The summed E-state index contributed by atoms with van der Waals surface area (Å²) in [7, 11) is 0. The standard InChI is InChI=1S/C11H18N3O3/c1-2-3-4-5-6-14(7-8-15)9-11(12-10-14)13(16)17/h8-10H,2-7H2,1H3/q+1. The fraction of sp³-hybridized carbons (Fsp3) is 0.636. The molecule has 0 aliphatic carbocycles. The van der Waals surface area contributed by atoms with Gasteiger partial charge < -0.3 is 10.1 Å². The summed E-state index contributed by atoms with van der Waals surface area (Å²) >= 11 is 0. The van der Waals surface area contributed by atoms with Crippen LogP contribution in [0.5, 0.6) is 0 Å². The summed E-state index contributed by atoms with van der Waals surface area (Å²) in [6, 6.07) is 0. The number of rotatable bonds is 8. The van der Waals surface area contributed by atoms with E-state index in [1.54, 1.807) is 0 Å². The van der Waals surface area contributed by atoms with E-state index in [0.717, 1.165) is 32.0 Å². The van der Waals surface area contributed by atoms with Crippen LogP contribution < -0.4 is 0 Å². The van der Waals surface area contributed by atoms with Crippen LogP contribution in [-0.2, 0) is 4.79 Å². The molecule has 17 heavy (non-hydrogen) atoms. The Morgan fingerprint density at radius 3 is 2.76 bits per heavy atom. The molecule has 0 aromatic rings. The molecule has 0 radical (unpaired) electrons. The summed E-state index contributed by atoms with van der Waals surface area (Å²) in [5.74, 6) is -0.164. The Morgan fingerprint density at radius 1 is 1.47 bits per heavy atom. The van der Waals surface area contributed by atoms with E-state index in [9.17, 15) is 14.9 Å². The Hall–Kier alpha value is -1.56. The highest BCUT2D eigenvalue weighted by molar-refractivity contribution is 5.58. The SMILES string of the molecule is CCCCCC[N+]1(CC=O)C=NC([N+](=O)[O-])=C1. The Bertz CT molecular complexity index is 352. The minimum absolute atomic E-state index is 0.164. The molecule has 0 amide bonds. The second-order valence-corrected chi connectivity index (χ2v) is 4.23. The first-order valence-corrected chi connectivity index (χ1v) is 5.86. The lowest BCUT2D eigenvalue weighted by molar-refractivity contribution is -0.771. The number of carbonyl (C=O) groups excluding carboxylic acids is 1. The molecule has 0 aromatic carbocycles. The molecule has 0 aromatic heterocycles. The number of hydrogen-bond donors (Lipinski definition) is 0. The molecule has 0 fully saturated rings. The van der Waals surface area contributed by atoms with Crippen molar-refractivity contribution < 1.29 is 14.2 Å². The van der Waals surface area contributed by atoms with Crippen molar-refractivity contribution in [3.05, 3.63) is 22.1 Å². The predicted octanol–water partition coefficient (Wildman–Crippen LogP) is 1.70. The quantitative estimate of drug-likeness (QED) is 0.213. The third kappa shape index (κ3) is 3.74. The Morgan fingerprint density at radius 2 is 2.24 bits per heavy atom. The zero-order valence-corrected chi connectivity index (χ0v) is 10.0. The summed E-state index contributed by atoms with van der Waals surface area (Å²) in [5, 5.41) is 10.6. The lowest BCUT2D eigenvalue weighted by Crippen LogP contribution is -2.42. The first-order valence-electron chi connectivity index (χ1n) is 5.86. The molecule has 1 unspecified atom stereocenters. The van der Waals surface area contributed by atoms with Gasteiger partial charge in [-0.05, 0) is 17.8 Å². The largest absolute Gasteiger partial charge is 0.423 e. The summed E-state index contributed by atoms with van der Waals surface area (Å²) in [6.45, 7) is 3.03. The van der Waals surface area contributed by atoms with E-state index in [1.165, 1.54) is 12.5 Å². The van der Waals surface area contributed by atoms with Crippen molar-refractivity contribution in [1.29, 1.82) is 0 Å². The van der Waals surface area contributed by atoms with Crippen LogP contribution in [0.2, 0.25) is 0 Å². The number of hydrogen-bond acceptors (Lipinski definition) is 4. The minimum atomic E-state index is -0.520. The first-order chi connectivity index (χ1) is 8.13. The highest BCUT2D eigenvalue weighted by atomic mass is 16.6. The number of unbranched alkanes of at least 4 members (excludes halogenated alkanes) is 3. The second kappa shape index (κ2) is 6.24. The smallest absolute Gasteiger partial charge is 0.358 e. The van der Waals surface area contributed by atoms with Gasteiger partial charge in [-0.1, -0.05) is 19.8 Å². The van der Waals surface area contributed by atoms with Crippen LogP contribution in [0, 0.1) is 10.1 Å². The van der Waals surface area contributed by atoms with E-state index in [4.69, 9.17) is 0 Å². The number of nitro groups is 1. The zero-order valence-electron chi connectivity index (χ0n) is 10.0. The van der Waals surface area contributed by atoms with Crippen LogP contribution in [0.25, 0.3) is 0 Å². The lowest BCUT2D eigenvalue weighted by atomic mass is 10.2. The van der Waals surface area contributed by atoms with Crippen molar-refractivity contribution >= 4 is 12.6 Å². The van der Waals surface area contributed by atoms with Crippen molar-refractivity contribution in [2.24, 2.45) is 4.99 Å². The maximum atomic E-state index is 10.7. The summed E-state index contributed by atoms with van der Waals surface area (Å²) in [6.07, 6.45) is 8.03. The molecule has 0 N–H and O–H groups in total. The molecule has 1 rings (SSSR count). The highest BCUT2D eigenvalue weighted by Gasteiger charge is 2.35. The average molecular weight is 240 g/mol. The molecule has 6 heteroatoms. The van der Waals surface area contributed by atoms with Gasteiger partial charge in [0.15, 0.2) is 6.29 Å². The second-order valence-electron chi connectivity index (χ2n) is 4.23. The number of quaternary nitrogens is 1. The Kier molecular flexibility index (Phi) is 4.96. The minimum Gasteiger partial charge on any atom is -0.358 e. The van der Waals surface area contributed by atoms with Gasteiger partial charge in [0.05, 0.1) is 6.54 Å². The van der Waals surface area contributed by atoms with E-state index >= 15 is 0 Å². The molecule has 0 bridgehead atoms. The van der Waals surface area contributed by atoms with Gasteiger partial charge in [0.2, 0.25) is 6.20 Å². The molecular formula is C11H18N3O3+. The van der Waals surface area contributed by atoms with Gasteiger partial charge in [-0.15, -0.1) is 0 Å². The van der Waals surface area contributed by atoms with Crippen molar-refractivity contribution in [2.45, 2.75) is 32.6 Å². The average Bonchev–Trinajstić information content (AvgIpc) is 2.70. The van der Waals surface area contributed by atoms with Crippen molar-refractivity contribution in [1.82, 2.24) is 0 Å². The monoisotopic (exact) mass is 240 g/mol. The van der Waals surface area contributed by atoms with Crippen molar-refractivity contribution in [3.63, 3.8) is 0 Å². The maximum Gasteiger partial charge on any atom is 0.423 e. The van der Waals surface area contributed by atoms with Crippen LogP contribution in [0.1, 0.15) is 32.6 Å². The third-order valence-corrected chi connectivity index (χ3v) is 2.82. The van der Waals surface area contributed by atoms with Gasteiger partial charge in [0.1, 0.15) is 6.54 Å². The van der Waals surface area contributed by atoms with E-state index in [2.05, 4.69) is 11.9 Å². The number of aliphatic imine (C=N–C) groups is 1. The van der Waals surface area contributed by atoms with Gasteiger partial charge in [-0.3, -0.25) is 4.79 Å². The van der Waals surface area contributed by atoms with Gasteiger partial charge in [-0.25, -0.2) is 4.48 Å². The van der Waals surface area contributed by atoms with Gasteiger partial charge in [0.25, 0.3) is 0 Å². The van der Waals surface area contributed by atoms with E-state index in [1.807, 2.05) is 0 Å². The van der Waals surface area contributed by atoms with Gasteiger partial charge in [-0.2, -0.15) is 0 Å². The van der Waals surface area contributed by atoms with Crippen molar-refractivity contribution in [3.8, 4) is 0 Å². The molecule has 1 aliphatic heterocycles. The van der Waals surface area contributed by atoms with E-state index in [0.29, 0.717) is 6.54 Å². The third-order valence-electron chi connectivity index (χ3n) is 2.82. The topological polar surface area (TPSA) is 72.6 Å². The fourth-order valence-electron chi connectivity index (χ4n) is 1.85. The van der Waals surface area contributed by atoms with Gasteiger partial charge >= 0.3 is 12.2 Å². The predicted molar refractivity (Wildman–Crippen MR) is 63.8 cm³/mol. The normalized spacial score (nSPS) is 22.5. The molecular weight excluding hydrogens is 222 g/mol. The van der Waals surface area contributed by atoms with Crippen LogP contribution in [0.3, 0.4) is 0 Å². The molecule has 1 heterocycles. The molecule has 0 spiro atoms. The van der Waals surface area contributed by atoms with E-state index < -0.39 is 4.92 Å². The summed E-state index contributed by atoms with van der Waals surface area (Å²) in [4.78, 5) is 24.5. The molecule has 6 nitrogen and oxygen atoms in total. The maximum absolute atomic E-state index is 10.7. The van der Waals surface area contributed by atoms with Crippen LogP contribution in [0.4, 0.5) is 0 Å². The fourth-order valence-corrected chi connectivity index (χ4v) is 1.85. The van der Waals surface area contributed by atoms with Gasteiger partial charge in [0, 0.05) is 4.99 Å². The number of carbonyl (C=O) groups is 1. The molecule has 1 aliphatic rings. The number of aldehydes is 1. The number of nitrogens with zero attached hydrogens (tertiary/aromatic N) is 3. The first kappa shape index (κ1) is 13.5. The van der Waals surface area contributed by atoms with Crippen molar-refractivity contribution in [2.75, 3.05) is 13.1 Å². The molecule has 0 saturated carbocycles. The van der Waals surface area contributed by atoms with Crippen LogP contribution in [-0.4, -0.2) is 35.1 Å². The Balaban J connectivity index is 2.62.